The fourth-order valence-electron chi connectivity index (χ4n) is 1.95. The normalized spacial score (nSPS) is 15.1. The maximum absolute atomic E-state index is 12.2. The van der Waals surface area contributed by atoms with Gasteiger partial charge in [-0.3, -0.25) is 10.1 Å². The highest BCUT2D eigenvalue weighted by Crippen LogP contribution is 2.31. The first-order valence-electron chi connectivity index (χ1n) is 6.31. The molecular formula is C12H17N3O4S. The number of nitrogens with one attached hydrogen (secondary N) is 2. The van der Waals surface area contributed by atoms with Crippen molar-refractivity contribution in [3.63, 3.8) is 0 Å². The maximum Gasteiger partial charge on any atom is 0.293 e. The van der Waals surface area contributed by atoms with Gasteiger partial charge in [0.25, 0.3) is 5.69 Å². The van der Waals surface area contributed by atoms with Gasteiger partial charge in [-0.2, -0.15) is 0 Å². The summed E-state index contributed by atoms with van der Waals surface area (Å²) in [5.74, 6) is 0.400. The second-order valence-electron chi connectivity index (χ2n) is 4.94. The number of anilines is 1. The lowest BCUT2D eigenvalue weighted by atomic mass is 10.2. The average Bonchev–Trinajstić information content (AvgIpc) is 3.19. The Morgan fingerprint density at radius 3 is 2.55 bits per heavy atom. The van der Waals surface area contributed by atoms with Crippen molar-refractivity contribution in [2.24, 2.45) is 5.92 Å². The second kappa shape index (κ2) is 5.37. The van der Waals surface area contributed by atoms with Gasteiger partial charge >= 0.3 is 0 Å². The summed E-state index contributed by atoms with van der Waals surface area (Å²) >= 11 is 0. The molecule has 7 nitrogen and oxygen atoms in total. The first-order valence-corrected chi connectivity index (χ1v) is 7.80. The lowest BCUT2D eigenvalue weighted by Gasteiger charge is -2.11. The number of nitro groups is 1. The van der Waals surface area contributed by atoms with E-state index in [4.69, 9.17) is 0 Å². The zero-order valence-electron chi connectivity index (χ0n) is 11.3. The minimum atomic E-state index is -3.71. The Kier molecular flexibility index (Phi) is 3.96. The summed E-state index contributed by atoms with van der Waals surface area (Å²) in [7, 11) is -2.15. The van der Waals surface area contributed by atoms with Crippen LogP contribution in [0.5, 0.6) is 0 Å². The van der Waals surface area contributed by atoms with Gasteiger partial charge in [0, 0.05) is 19.7 Å². The first-order chi connectivity index (χ1) is 9.35. The van der Waals surface area contributed by atoms with Crippen molar-refractivity contribution in [1.29, 1.82) is 0 Å². The van der Waals surface area contributed by atoms with Gasteiger partial charge in [-0.25, -0.2) is 13.1 Å². The van der Waals surface area contributed by atoms with Crippen LogP contribution in [0.3, 0.4) is 0 Å². The number of hydrogen-bond acceptors (Lipinski definition) is 5. The highest BCUT2D eigenvalue weighted by molar-refractivity contribution is 7.89. The molecule has 0 amide bonds. The molecule has 1 aliphatic carbocycles. The first kappa shape index (κ1) is 14.7. The van der Waals surface area contributed by atoms with Crippen LogP contribution in [0.1, 0.15) is 18.4 Å². The van der Waals surface area contributed by atoms with Crippen LogP contribution in [-0.4, -0.2) is 26.9 Å². The lowest BCUT2D eigenvalue weighted by Crippen LogP contribution is -2.26. The van der Waals surface area contributed by atoms with E-state index in [9.17, 15) is 18.5 Å². The third-order valence-corrected chi connectivity index (χ3v) is 4.87. The zero-order valence-corrected chi connectivity index (χ0v) is 12.2. The SMILES string of the molecule is CNc1cc(C)c(S(=O)(=O)NCC2CC2)cc1[N+](=O)[O-]. The standard InChI is InChI=1S/C12H17N3O4S/c1-8-5-10(13-2)11(15(16)17)6-12(8)20(18,19)14-7-9-3-4-9/h5-6,9,13-14H,3-4,7H2,1-2H3. The molecule has 2 rings (SSSR count). The van der Waals surface area contributed by atoms with Crippen molar-refractivity contribution in [3.8, 4) is 0 Å². The van der Waals surface area contributed by atoms with Crippen molar-refractivity contribution in [2.45, 2.75) is 24.7 Å². The largest absolute Gasteiger partial charge is 0.383 e. The van der Waals surface area contributed by atoms with Gasteiger partial charge in [0.1, 0.15) is 5.69 Å². The molecule has 1 fully saturated rings. The summed E-state index contributed by atoms with van der Waals surface area (Å²) in [5, 5.41) is 13.7. The van der Waals surface area contributed by atoms with Crippen LogP contribution in [-0.2, 0) is 10.0 Å². The molecular weight excluding hydrogens is 282 g/mol. The third kappa shape index (κ3) is 3.07. The number of nitro benzene ring substituents is 1. The zero-order chi connectivity index (χ0) is 14.9. The third-order valence-electron chi connectivity index (χ3n) is 3.31. The molecule has 0 spiro atoms. The Hall–Kier alpha value is -1.67. The van der Waals surface area contributed by atoms with E-state index in [0.29, 0.717) is 23.7 Å². The summed E-state index contributed by atoms with van der Waals surface area (Å²) in [6.45, 7) is 2.01. The molecule has 0 aliphatic heterocycles. The monoisotopic (exact) mass is 299 g/mol. The lowest BCUT2D eigenvalue weighted by molar-refractivity contribution is -0.384. The highest BCUT2D eigenvalue weighted by Gasteiger charge is 2.27. The minimum absolute atomic E-state index is 0.0381. The van der Waals surface area contributed by atoms with Crippen molar-refractivity contribution in [3.05, 3.63) is 27.8 Å². The molecule has 0 bridgehead atoms. The van der Waals surface area contributed by atoms with Crippen molar-refractivity contribution in [1.82, 2.24) is 4.72 Å². The number of hydrogen-bond donors (Lipinski definition) is 2. The van der Waals surface area contributed by atoms with Gasteiger partial charge in [-0.1, -0.05) is 0 Å². The smallest absolute Gasteiger partial charge is 0.293 e. The summed E-state index contributed by atoms with van der Waals surface area (Å²) in [5.41, 5.74) is 0.529. The molecule has 2 N–H and O–H groups in total. The summed E-state index contributed by atoms with van der Waals surface area (Å²) < 4.78 is 26.9. The van der Waals surface area contributed by atoms with E-state index in [2.05, 4.69) is 10.0 Å². The molecule has 20 heavy (non-hydrogen) atoms. The molecule has 8 heteroatoms. The second-order valence-corrected chi connectivity index (χ2v) is 6.67. The Morgan fingerprint density at radius 2 is 2.05 bits per heavy atom. The van der Waals surface area contributed by atoms with Crippen LogP contribution < -0.4 is 10.0 Å². The maximum atomic E-state index is 12.2. The van der Waals surface area contributed by atoms with E-state index < -0.39 is 14.9 Å². The van der Waals surface area contributed by atoms with Crippen LogP contribution >= 0.6 is 0 Å². The summed E-state index contributed by atoms with van der Waals surface area (Å²) in [4.78, 5) is 10.4. The Morgan fingerprint density at radius 1 is 1.40 bits per heavy atom. The van der Waals surface area contributed by atoms with Crippen LogP contribution in [0, 0.1) is 23.0 Å². The van der Waals surface area contributed by atoms with E-state index in [1.165, 1.54) is 6.07 Å². The average molecular weight is 299 g/mol. The van der Waals surface area contributed by atoms with Crippen LogP contribution in [0.2, 0.25) is 0 Å². The van der Waals surface area contributed by atoms with Crippen molar-refractivity contribution in [2.75, 3.05) is 18.9 Å². The van der Waals surface area contributed by atoms with E-state index in [-0.39, 0.29) is 10.6 Å². The van der Waals surface area contributed by atoms with Gasteiger partial charge in [0.15, 0.2) is 0 Å². The van der Waals surface area contributed by atoms with Crippen LogP contribution in [0.4, 0.5) is 11.4 Å². The van der Waals surface area contributed by atoms with Crippen molar-refractivity contribution < 1.29 is 13.3 Å². The van der Waals surface area contributed by atoms with Crippen molar-refractivity contribution >= 4 is 21.4 Å². The predicted molar refractivity (Wildman–Crippen MR) is 75.3 cm³/mol. The minimum Gasteiger partial charge on any atom is -0.383 e. The van der Waals surface area contributed by atoms with E-state index >= 15 is 0 Å². The summed E-state index contributed by atoms with van der Waals surface area (Å²) in [6, 6.07) is 2.58. The molecule has 1 aromatic rings. The molecule has 0 unspecified atom stereocenters. The molecule has 1 aliphatic rings. The van der Waals surface area contributed by atoms with E-state index in [1.54, 1.807) is 14.0 Å². The number of rotatable bonds is 6. The molecule has 1 aromatic carbocycles. The molecule has 0 aromatic heterocycles. The van der Waals surface area contributed by atoms with Crippen LogP contribution in [0.15, 0.2) is 17.0 Å². The topological polar surface area (TPSA) is 101 Å². The number of benzene rings is 1. The Bertz CT molecular complexity index is 638. The van der Waals surface area contributed by atoms with Gasteiger partial charge in [0.2, 0.25) is 10.0 Å². The number of nitrogens with zero attached hydrogens (tertiary/aromatic N) is 1. The molecule has 0 saturated heterocycles. The van der Waals surface area contributed by atoms with E-state index in [1.807, 2.05) is 0 Å². The highest BCUT2D eigenvalue weighted by atomic mass is 32.2. The molecule has 110 valence electrons. The molecule has 1 saturated carbocycles. The quantitative estimate of drug-likeness (QED) is 0.614. The fraction of sp³-hybridized carbons (Fsp3) is 0.500. The number of aryl methyl sites for hydroxylation is 1. The van der Waals surface area contributed by atoms with Gasteiger partial charge < -0.3 is 5.32 Å². The molecule has 0 atom stereocenters. The van der Waals surface area contributed by atoms with Gasteiger partial charge in [0.05, 0.1) is 9.82 Å². The number of sulfonamides is 1. The summed E-state index contributed by atoms with van der Waals surface area (Å²) in [6.07, 6.45) is 2.06. The fourth-order valence-corrected chi connectivity index (χ4v) is 3.31. The Labute approximate surface area is 117 Å². The predicted octanol–water partition coefficient (Wildman–Crippen LogP) is 1.63. The Balaban J connectivity index is 2.39. The van der Waals surface area contributed by atoms with E-state index in [0.717, 1.165) is 18.9 Å². The molecule has 0 heterocycles. The van der Waals surface area contributed by atoms with Gasteiger partial charge in [-0.05, 0) is 37.3 Å². The molecule has 0 radical (unpaired) electrons. The van der Waals surface area contributed by atoms with Gasteiger partial charge in [-0.15, -0.1) is 0 Å². The van der Waals surface area contributed by atoms with Crippen LogP contribution in [0.25, 0.3) is 0 Å².